The van der Waals surface area contributed by atoms with Crippen LogP contribution >= 0.6 is 0 Å². The van der Waals surface area contributed by atoms with Crippen LogP contribution in [0.1, 0.15) is 34.3 Å². The van der Waals surface area contributed by atoms with Gasteiger partial charge in [-0.2, -0.15) is 0 Å². The molecular weight excluding hydrogens is 314 g/mol. The molecule has 1 fully saturated rings. The molecule has 0 radical (unpaired) electrons. The predicted molar refractivity (Wildman–Crippen MR) is 97.9 cm³/mol. The maximum Gasteiger partial charge on any atom is 0.253 e. The molecule has 0 saturated carbocycles. The van der Waals surface area contributed by atoms with Gasteiger partial charge in [-0.15, -0.1) is 0 Å². The lowest BCUT2D eigenvalue weighted by molar-refractivity contribution is -0.00674. The normalized spacial score (nSPS) is 17.4. The van der Waals surface area contributed by atoms with Crippen molar-refractivity contribution in [2.45, 2.75) is 32.5 Å². The molecule has 2 aromatic rings. The third-order valence-corrected chi connectivity index (χ3v) is 4.57. The minimum Gasteiger partial charge on any atom is -0.497 e. The second kappa shape index (κ2) is 8.17. The molecule has 1 aliphatic heterocycles. The fourth-order valence-electron chi connectivity index (χ4n) is 3.19. The molecule has 3 rings (SSSR count). The fourth-order valence-corrected chi connectivity index (χ4v) is 3.19. The van der Waals surface area contributed by atoms with Crippen LogP contribution in [0.15, 0.2) is 48.5 Å². The Kier molecular flexibility index (Phi) is 5.71. The number of likely N-dealkylation sites (tertiary alicyclic amines) is 1. The molecule has 1 saturated heterocycles. The molecule has 1 unspecified atom stereocenters. The third-order valence-electron chi connectivity index (χ3n) is 4.57. The minimum absolute atomic E-state index is 0.0616. The number of nitrogens with zero attached hydrogens (tertiary/aromatic N) is 1. The monoisotopic (exact) mass is 339 g/mol. The van der Waals surface area contributed by atoms with E-state index in [4.69, 9.17) is 9.47 Å². The number of amides is 1. The van der Waals surface area contributed by atoms with Crippen LogP contribution in [-0.4, -0.2) is 37.1 Å². The molecule has 1 aliphatic rings. The maximum absolute atomic E-state index is 12.7. The van der Waals surface area contributed by atoms with Gasteiger partial charge in [0.15, 0.2) is 0 Å². The number of hydrogen-bond donors (Lipinski definition) is 0. The predicted octanol–water partition coefficient (Wildman–Crippen LogP) is 3.83. The van der Waals surface area contributed by atoms with Gasteiger partial charge in [-0.05, 0) is 49.6 Å². The first kappa shape index (κ1) is 17.5. The molecular formula is C21H25NO3. The van der Waals surface area contributed by atoms with Gasteiger partial charge in [0, 0.05) is 18.7 Å². The van der Waals surface area contributed by atoms with Gasteiger partial charge in [0.2, 0.25) is 0 Å². The Morgan fingerprint density at radius 2 is 2.00 bits per heavy atom. The van der Waals surface area contributed by atoms with Gasteiger partial charge in [0.25, 0.3) is 5.91 Å². The highest BCUT2D eigenvalue weighted by Crippen LogP contribution is 2.19. The standard InChI is InChI=1S/C21H25NO3/c1-16-5-3-6-17(13-16)15-25-20-7-4-12-22(14-20)21(23)18-8-10-19(24-2)11-9-18/h3,5-6,8-11,13,20H,4,7,12,14-15H2,1-2H3. The van der Waals surface area contributed by atoms with Crippen molar-refractivity contribution in [3.63, 3.8) is 0 Å². The summed E-state index contributed by atoms with van der Waals surface area (Å²) < 4.78 is 11.2. The molecule has 1 atom stereocenters. The summed E-state index contributed by atoms with van der Waals surface area (Å²) in [5.41, 5.74) is 3.11. The van der Waals surface area contributed by atoms with Gasteiger partial charge in [-0.3, -0.25) is 4.79 Å². The number of hydrogen-bond acceptors (Lipinski definition) is 3. The Hall–Kier alpha value is -2.33. The Morgan fingerprint density at radius 1 is 1.20 bits per heavy atom. The number of carbonyl (C=O) groups excluding carboxylic acids is 1. The smallest absolute Gasteiger partial charge is 0.253 e. The van der Waals surface area contributed by atoms with Gasteiger partial charge >= 0.3 is 0 Å². The van der Waals surface area contributed by atoms with E-state index in [1.54, 1.807) is 7.11 Å². The first-order chi connectivity index (χ1) is 12.2. The maximum atomic E-state index is 12.7. The topological polar surface area (TPSA) is 38.8 Å². The molecule has 1 heterocycles. The quantitative estimate of drug-likeness (QED) is 0.831. The van der Waals surface area contributed by atoms with Crippen molar-refractivity contribution >= 4 is 5.91 Å². The van der Waals surface area contributed by atoms with Crippen molar-refractivity contribution in [2.75, 3.05) is 20.2 Å². The first-order valence-electron chi connectivity index (χ1n) is 8.76. The summed E-state index contributed by atoms with van der Waals surface area (Å²) >= 11 is 0. The molecule has 0 spiro atoms. The molecule has 0 N–H and O–H groups in total. The molecule has 1 amide bonds. The number of methoxy groups -OCH3 is 1. The summed E-state index contributed by atoms with van der Waals surface area (Å²) in [4.78, 5) is 14.6. The lowest BCUT2D eigenvalue weighted by Crippen LogP contribution is -2.43. The van der Waals surface area contributed by atoms with E-state index in [-0.39, 0.29) is 12.0 Å². The summed E-state index contributed by atoms with van der Waals surface area (Å²) in [6.07, 6.45) is 2.06. The molecule has 0 aliphatic carbocycles. The van der Waals surface area contributed by atoms with Crippen molar-refractivity contribution in [1.82, 2.24) is 4.90 Å². The van der Waals surface area contributed by atoms with Crippen LogP contribution in [0.4, 0.5) is 0 Å². The third kappa shape index (κ3) is 4.60. The van der Waals surface area contributed by atoms with Gasteiger partial charge in [0.1, 0.15) is 5.75 Å². The molecule has 0 aromatic heterocycles. The van der Waals surface area contributed by atoms with Crippen LogP contribution in [-0.2, 0) is 11.3 Å². The lowest BCUT2D eigenvalue weighted by Gasteiger charge is -2.32. The van der Waals surface area contributed by atoms with E-state index >= 15 is 0 Å². The van der Waals surface area contributed by atoms with Crippen LogP contribution in [0.2, 0.25) is 0 Å². The fraction of sp³-hybridized carbons (Fsp3) is 0.381. The number of carbonyl (C=O) groups is 1. The van der Waals surface area contributed by atoms with Gasteiger partial charge in [-0.25, -0.2) is 0 Å². The highest BCUT2D eigenvalue weighted by molar-refractivity contribution is 5.94. The van der Waals surface area contributed by atoms with Crippen LogP contribution < -0.4 is 4.74 Å². The Labute approximate surface area is 149 Å². The molecule has 4 nitrogen and oxygen atoms in total. The van der Waals surface area contributed by atoms with E-state index in [1.165, 1.54) is 11.1 Å². The Bertz CT molecular complexity index is 711. The van der Waals surface area contributed by atoms with E-state index in [2.05, 4.69) is 31.2 Å². The van der Waals surface area contributed by atoms with Gasteiger partial charge in [-0.1, -0.05) is 29.8 Å². The summed E-state index contributed by atoms with van der Waals surface area (Å²) in [5, 5.41) is 0. The summed E-state index contributed by atoms with van der Waals surface area (Å²) in [7, 11) is 1.62. The van der Waals surface area contributed by atoms with Crippen molar-refractivity contribution in [3.05, 3.63) is 65.2 Å². The molecule has 2 aromatic carbocycles. The number of benzene rings is 2. The molecule has 132 valence electrons. The average molecular weight is 339 g/mol. The van der Waals surface area contributed by atoms with Crippen molar-refractivity contribution < 1.29 is 14.3 Å². The van der Waals surface area contributed by atoms with Crippen molar-refractivity contribution in [2.24, 2.45) is 0 Å². The van der Waals surface area contributed by atoms with E-state index in [9.17, 15) is 4.79 Å². The van der Waals surface area contributed by atoms with Gasteiger partial charge in [0.05, 0.1) is 19.8 Å². The zero-order valence-electron chi connectivity index (χ0n) is 14.9. The highest BCUT2D eigenvalue weighted by atomic mass is 16.5. The van der Waals surface area contributed by atoms with E-state index in [0.717, 1.165) is 25.1 Å². The molecule has 25 heavy (non-hydrogen) atoms. The number of rotatable bonds is 5. The zero-order valence-corrected chi connectivity index (χ0v) is 14.9. The van der Waals surface area contributed by atoms with E-state index in [1.807, 2.05) is 29.2 Å². The number of ether oxygens (including phenoxy) is 2. The van der Waals surface area contributed by atoms with Crippen LogP contribution in [0.5, 0.6) is 5.75 Å². The SMILES string of the molecule is COc1ccc(C(=O)N2CCCC(OCc3cccc(C)c3)C2)cc1. The second-order valence-electron chi connectivity index (χ2n) is 6.54. The van der Waals surface area contributed by atoms with E-state index < -0.39 is 0 Å². The molecule has 0 bridgehead atoms. The van der Waals surface area contributed by atoms with Crippen molar-refractivity contribution in [1.29, 1.82) is 0 Å². The van der Waals surface area contributed by atoms with Crippen LogP contribution in [0.3, 0.4) is 0 Å². The number of aryl methyl sites for hydroxylation is 1. The Morgan fingerprint density at radius 3 is 2.72 bits per heavy atom. The highest BCUT2D eigenvalue weighted by Gasteiger charge is 2.25. The van der Waals surface area contributed by atoms with Crippen LogP contribution in [0, 0.1) is 6.92 Å². The first-order valence-corrected chi connectivity index (χ1v) is 8.76. The Balaban J connectivity index is 1.57. The number of piperidine rings is 1. The second-order valence-corrected chi connectivity index (χ2v) is 6.54. The van der Waals surface area contributed by atoms with Crippen LogP contribution in [0.25, 0.3) is 0 Å². The summed E-state index contributed by atoms with van der Waals surface area (Å²) in [6, 6.07) is 15.6. The molecule has 4 heteroatoms. The average Bonchev–Trinajstić information content (AvgIpc) is 2.66. The minimum atomic E-state index is 0.0616. The summed E-state index contributed by atoms with van der Waals surface area (Å²) in [5.74, 6) is 0.820. The zero-order chi connectivity index (χ0) is 17.6. The van der Waals surface area contributed by atoms with Gasteiger partial charge < -0.3 is 14.4 Å². The lowest BCUT2D eigenvalue weighted by atomic mass is 10.1. The summed E-state index contributed by atoms with van der Waals surface area (Å²) in [6.45, 7) is 4.11. The largest absolute Gasteiger partial charge is 0.497 e. The van der Waals surface area contributed by atoms with Crippen molar-refractivity contribution in [3.8, 4) is 5.75 Å². The van der Waals surface area contributed by atoms with E-state index in [0.29, 0.717) is 18.7 Å².